The molecule has 0 aliphatic rings. The first-order chi connectivity index (χ1) is 7.06. The Bertz CT molecular complexity index is 170. The van der Waals surface area contributed by atoms with E-state index in [1.165, 1.54) is 0 Å². The smallest absolute Gasteiger partial charge is 0.323 e. The van der Waals surface area contributed by atoms with Gasteiger partial charge in [-0.15, -0.1) is 0 Å². The van der Waals surface area contributed by atoms with Crippen molar-refractivity contribution in [1.29, 1.82) is 0 Å². The third-order valence-electron chi connectivity index (χ3n) is 2.88. The summed E-state index contributed by atoms with van der Waals surface area (Å²) >= 11 is 0. The van der Waals surface area contributed by atoms with Gasteiger partial charge in [0.1, 0.15) is 5.54 Å². The molecule has 0 fully saturated rings. The number of hydrogen-bond acceptors (Lipinski definition) is 2. The van der Waals surface area contributed by atoms with Gasteiger partial charge in [0, 0.05) is 0 Å². The molecule has 0 aliphatic carbocycles. The van der Waals surface area contributed by atoms with Crippen LogP contribution in [-0.4, -0.2) is 16.6 Å². The van der Waals surface area contributed by atoms with E-state index in [4.69, 9.17) is 10.8 Å². The molecule has 0 atom stereocenters. The van der Waals surface area contributed by atoms with Crippen molar-refractivity contribution < 1.29 is 9.90 Å². The molecule has 0 saturated carbocycles. The van der Waals surface area contributed by atoms with Crippen LogP contribution in [0.25, 0.3) is 0 Å². The third-order valence-corrected chi connectivity index (χ3v) is 2.88. The van der Waals surface area contributed by atoms with Crippen molar-refractivity contribution in [2.75, 3.05) is 0 Å². The summed E-state index contributed by atoms with van der Waals surface area (Å²) in [5.74, 6) is -0.838. The van der Waals surface area contributed by atoms with Crippen molar-refractivity contribution in [3.05, 3.63) is 0 Å². The molecule has 3 N–H and O–H groups in total. The van der Waals surface area contributed by atoms with Crippen molar-refractivity contribution in [2.24, 2.45) is 5.73 Å². The molecular formula is C12H25NO2. The molecule has 0 bridgehead atoms. The number of carboxylic acid groups (broad SMARTS) is 1. The van der Waals surface area contributed by atoms with E-state index in [9.17, 15) is 4.79 Å². The minimum absolute atomic E-state index is 0.611. The second-order valence-electron chi connectivity index (χ2n) is 4.38. The first-order valence-electron chi connectivity index (χ1n) is 6.09. The third kappa shape index (κ3) is 5.78. The second-order valence-corrected chi connectivity index (χ2v) is 4.38. The minimum atomic E-state index is -0.982. The molecule has 0 aromatic heterocycles. The molecule has 0 amide bonds. The molecule has 0 rings (SSSR count). The van der Waals surface area contributed by atoms with Crippen LogP contribution in [0.3, 0.4) is 0 Å². The molecule has 0 aromatic rings. The standard InChI is InChI=1S/C12H25NO2/c1-3-5-7-9-12(13,11(14)15)10-8-6-4-2/h3-10,13H2,1-2H3,(H,14,15). The predicted molar refractivity (Wildman–Crippen MR) is 62.8 cm³/mol. The zero-order valence-electron chi connectivity index (χ0n) is 10.1. The minimum Gasteiger partial charge on any atom is -0.480 e. The van der Waals surface area contributed by atoms with E-state index in [2.05, 4.69) is 13.8 Å². The summed E-state index contributed by atoms with van der Waals surface area (Å²) in [7, 11) is 0. The summed E-state index contributed by atoms with van der Waals surface area (Å²) in [5.41, 5.74) is 4.94. The van der Waals surface area contributed by atoms with Crippen LogP contribution in [0.2, 0.25) is 0 Å². The number of unbranched alkanes of at least 4 members (excludes halogenated alkanes) is 4. The predicted octanol–water partition coefficient (Wildman–Crippen LogP) is 2.93. The van der Waals surface area contributed by atoms with E-state index in [0.717, 1.165) is 38.5 Å². The quantitative estimate of drug-likeness (QED) is 0.581. The number of rotatable bonds is 9. The Balaban J connectivity index is 4.01. The molecule has 15 heavy (non-hydrogen) atoms. The van der Waals surface area contributed by atoms with Gasteiger partial charge in [0.15, 0.2) is 0 Å². The summed E-state index contributed by atoms with van der Waals surface area (Å²) in [6.45, 7) is 4.21. The highest BCUT2D eigenvalue weighted by Crippen LogP contribution is 2.20. The normalized spacial score (nSPS) is 11.7. The molecule has 0 unspecified atom stereocenters. The Morgan fingerprint density at radius 2 is 1.47 bits per heavy atom. The SMILES string of the molecule is CCCCCC(N)(CCCCC)C(=O)O. The average Bonchev–Trinajstić information content (AvgIpc) is 2.18. The molecule has 90 valence electrons. The van der Waals surface area contributed by atoms with E-state index < -0.39 is 11.5 Å². The van der Waals surface area contributed by atoms with Gasteiger partial charge in [-0.2, -0.15) is 0 Å². The van der Waals surface area contributed by atoms with Gasteiger partial charge in [-0.3, -0.25) is 4.79 Å². The summed E-state index contributed by atoms with van der Waals surface area (Å²) in [4.78, 5) is 11.1. The fraction of sp³-hybridized carbons (Fsp3) is 0.917. The highest BCUT2D eigenvalue weighted by Gasteiger charge is 2.32. The lowest BCUT2D eigenvalue weighted by atomic mass is 9.88. The van der Waals surface area contributed by atoms with E-state index in [-0.39, 0.29) is 0 Å². The first-order valence-corrected chi connectivity index (χ1v) is 6.09. The van der Waals surface area contributed by atoms with E-state index in [0.29, 0.717) is 12.8 Å². The van der Waals surface area contributed by atoms with Crippen LogP contribution in [0.15, 0.2) is 0 Å². The summed E-state index contributed by atoms with van der Waals surface area (Å²) < 4.78 is 0. The zero-order valence-corrected chi connectivity index (χ0v) is 10.1. The Labute approximate surface area is 93.0 Å². The van der Waals surface area contributed by atoms with Crippen molar-refractivity contribution >= 4 is 5.97 Å². The first kappa shape index (κ1) is 14.4. The fourth-order valence-corrected chi connectivity index (χ4v) is 1.72. The molecule has 0 aliphatic heterocycles. The van der Waals surface area contributed by atoms with Crippen LogP contribution in [0.5, 0.6) is 0 Å². The Kier molecular flexibility index (Phi) is 7.39. The van der Waals surface area contributed by atoms with Crippen molar-refractivity contribution in [3.8, 4) is 0 Å². The highest BCUT2D eigenvalue weighted by molar-refractivity contribution is 5.78. The highest BCUT2D eigenvalue weighted by atomic mass is 16.4. The number of carboxylic acids is 1. The van der Waals surface area contributed by atoms with E-state index in [1.54, 1.807) is 0 Å². The molecule has 0 spiro atoms. The van der Waals surface area contributed by atoms with Crippen molar-refractivity contribution in [1.82, 2.24) is 0 Å². The molecular weight excluding hydrogens is 190 g/mol. The van der Waals surface area contributed by atoms with Gasteiger partial charge in [0.2, 0.25) is 0 Å². The molecule has 0 aromatic carbocycles. The van der Waals surface area contributed by atoms with Crippen LogP contribution in [0.4, 0.5) is 0 Å². The van der Waals surface area contributed by atoms with Gasteiger partial charge in [-0.05, 0) is 12.8 Å². The maximum absolute atomic E-state index is 11.1. The molecule has 0 saturated heterocycles. The Hall–Kier alpha value is -0.570. The Morgan fingerprint density at radius 1 is 1.07 bits per heavy atom. The number of aliphatic carboxylic acids is 1. The fourth-order valence-electron chi connectivity index (χ4n) is 1.72. The summed E-state index contributed by atoms with van der Waals surface area (Å²) in [6, 6.07) is 0. The summed E-state index contributed by atoms with van der Waals surface area (Å²) in [6.07, 6.45) is 7.41. The Morgan fingerprint density at radius 3 is 1.73 bits per heavy atom. The molecule has 3 heteroatoms. The lowest BCUT2D eigenvalue weighted by molar-refractivity contribution is -0.144. The van der Waals surface area contributed by atoms with Crippen LogP contribution in [0, 0.1) is 0 Å². The van der Waals surface area contributed by atoms with Crippen molar-refractivity contribution in [2.45, 2.75) is 70.8 Å². The van der Waals surface area contributed by atoms with Gasteiger partial charge in [-0.1, -0.05) is 52.4 Å². The second kappa shape index (κ2) is 7.69. The van der Waals surface area contributed by atoms with Gasteiger partial charge >= 0.3 is 5.97 Å². The van der Waals surface area contributed by atoms with Gasteiger partial charge < -0.3 is 10.8 Å². The number of carbonyl (C=O) groups is 1. The molecule has 3 nitrogen and oxygen atoms in total. The van der Waals surface area contributed by atoms with Crippen LogP contribution >= 0.6 is 0 Å². The number of nitrogens with two attached hydrogens (primary N) is 1. The lowest BCUT2D eigenvalue weighted by Gasteiger charge is -2.24. The molecule has 0 radical (unpaired) electrons. The lowest BCUT2D eigenvalue weighted by Crippen LogP contribution is -2.47. The monoisotopic (exact) mass is 215 g/mol. The number of hydrogen-bond donors (Lipinski definition) is 2. The van der Waals surface area contributed by atoms with E-state index in [1.807, 2.05) is 0 Å². The molecule has 0 heterocycles. The topological polar surface area (TPSA) is 63.3 Å². The largest absolute Gasteiger partial charge is 0.480 e. The van der Waals surface area contributed by atoms with Gasteiger partial charge in [-0.25, -0.2) is 0 Å². The van der Waals surface area contributed by atoms with Gasteiger partial charge in [0.05, 0.1) is 0 Å². The van der Waals surface area contributed by atoms with Crippen LogP contribution < -0.4 is 5.73 Å². The van der Waals surface area contributed by atoms with E-state index >= 15 is 0 Å². The van der Waals surface area contributed by atoms with Crippen LogP contribution in [0.1, 0.15) is 65.2 Å². The zero-order chi connectivity index (χ0) is 11.7. The average molecular weight is 215 g/mol. The van der Waals surface area contributed by atoms with Crippen molar-refractivity contribution in [3.63, 3.8) is 0 Å². The van der Waals surface area contributed by atoms with Gasteiger partial charge in [0.25, 0.3) is 0 Å². The summed E-state index contributed by atoms with van der Waals surface area (Å²) in [5, 5.41) is 9.11. The maximum Gasteiger partial charge on any atom is 0.323 e. The van der Waals surface area contributed by atoms with Crippen LogP contribution in [-0.2, 0) is 4.79 Å². The maximum atomic E-state index is 11.1.